The zero-order chi connectivity index (χ0) is 11.0. The van der Waals surface area contributed by atoms with Crippen molar-refractivity contribution in [2.75, 3.05) is 0 Å². The van der Waals surface area contributed by atoms with Crippen LogP contribution in [0, 0.1) is 10.1 Å². The highest BCUT2D eigenvalue weighted by Gasteiger charge is 2.29. The summed E-state index contributed by atoms with van der Waals surface area (Å²) in [4.78, 5) is 20.9. The molecule has 1 aliphatic rings. The van der Waals surface area contributed by atoms with Gasteiger partial charge in [0.25, 0.3) is 5.69 Å². The summed E-state index contributed by atoms with van der Waals surface area (Å²) in [5.41, 5.74) is 1.46. The topological polar surface area (TPSA) is 80.4 Å². The molecule has 0 radical (unpaired) electrons. The van der Waals surface area contributed by atoms with Crippen molar-refractivity contribution in [2.24, 2.45) is 0 Å². The van der Waals surface area contributed by atoms with E-state index < -0.39 is 16.8 Å². The Morgan fingerprint density at radius 3 is 2.87 bits per heavy atom. The van der Waals surface area contributed by atoms with Crippen LogP contribution in [0.3, 0.4) is 0 Å². The quantitative estimate of drug-likeness (QED) is 0.591. The number of carboxylic acid groups (broad SMARTS) is 1. The number of hydrogen-bond acceptors (Lipinski definition) is 3. The fourth-order valence-electron chi connectivity index (χ4n) is 1.96. The fourth-order valence-corrected chi connectivity index (χ4v) is 1.96. The van der Waals surface area contributed by atoms with Gasteiger partial charge in [0.1, 0.15) is 0 Å². The Balaban J connectivity index is 2.46. The summed E-state index contributed by atoms with van der Waals surface area (Å²) in [6.07, 6.45) is 1.22. The lowest BCUT2D eigenvalue weighted by Gasteiger charge is -2.04. The highest BCUT2D eigenvalue weighted by molar-refractivity contribution is 5.78. The number of carbonyl (C=O) groups is 1. The summed E-state index contributed by atoms with van der Waals surface area (Å²) in [7, 11) is 0. The minimum Gasteiger partial charge on any atom is -0.481 e. The number of carboxylic acids is 1. The number of nitro groups is 1. The number of fused-ring (bicyclic) bond motifs is 1. The highest BCUT2D eigenvalue weighted by Crippen LogP contribution is 2.35. The molecule has 1 unspecified atom stereocenters. The van der Waals surface area contributed by atoms with Gasteiger partial charge in [0.15, 0.2) is 0 Å². The van der Waals surface area contributed by atoms with Crippen LogP contribution in [0.4, 0.5) is 5.69 Å². The van der Waals surface area contributed by atoms with Gasteiger partial charge in [0.2, 0.25) is 0 Å². The molecule has 15 heavy (non-hydrogen) atoms. The number of rotatable bonds is 2. The molecule has 0 aliphatic heterocycles. The molecule has 5 nitrogen and oxygen atoms in total. The van der Waals surface area contributed by atoms with E-state index in [0.717, 1.165) is 5.56 Å². The molecule has 0 saturated carbocycles. The number of aliphatic carboxylic acids is 1. The summed E-state index contributed by atoms with van der Waals surface area (Å²) in [6.45, 7) is 0. The molecular formula is C10H9NO4. The zero-order valence-electron chi connectivity index (χ0n) is 7.84. The molecule has 0 aromatic heterocycles. The Labute approximate surface area is 85.5 Å². The van der Waals surface area contributed by atoms with Crippen molar-refractivity contribution in [3.8, 4) is 0 Å². The molecule has 5 heteroatoms. The number of nitro benzene ring substituents is 1. The molecule has 0 spiro atoms. The van der Waals surface area contributed by atoms with Crippen LogP contribution in [0.15, 0.2) is 18.2 Å². The lowest BCUT2D eigenvalue weighted by Crippen LogP contribution is -2.07. The van der Waals surface area contributed by atoms with Crippen molar-refractivity contribution < 1.29 is 14.8 Å². The largest absolute Gasteiger partial charge is 0.481 e. The lowest BCUT2D eigenvalue weighted by atomic mass is 10.0. The number of benzene rings is 1. The third-order valence-corrected chi connectivity index (χ3v) is 2.72. The molecule has 1 N–H and O–H groups in total. The molecule has 0 fully saturated rings. The Hall–Kier alpha value is -1.91. The number of nitrogens with zero attached hydrogens (tertiary/aromatic N) is 1. The second-order valence-electron chi connectivity index (χ2n) is 3.57. The van der Waals surface area contributed by atoms with Gasteiger partial charge in [0.05, 0.1) is 10.8 Å². The second kappa shape index (κ2) is 3.34. The summed E-state index contributed by atoms with van der Waals surface area (Å²) >= 11 is 0. The fraction of sp³-hybridized carbons (Fsp3) is 0.300. The van der Waals surface area contributed by atoms with E-state index in [1.165, 1.54) is 12.1 Å². The van der Waals surface area contributed by atoms with E-state index in [0.29, 0.717) is 18.4 Å². The average Bonchev–Trinajstić information content (AvgIpc) is 2.59. The molecule has 2 rings (SSSR count). The maximum atomic E-state index is 10.9. The standard InChI is InChI=1S/C10H9NO4/c12-10(13)8-4-2-6-1-3-7(11(14)15)5-9(6)8/h1,3,5,8H,2,4H2,(H,12,13). The van der Waals surface area contributed by atoms with Crippen LogP contribution in [0.5, 0.6) is 0 Å². The molecular weight excluding hydrogens is 198 g/mol. The summed E-state index contributed by atoms with van der Waals surface area (Å²) in [5, 5.41) is 19.5. The van der Waals surface area contributed by atoms with Crippen LogP contribution in [-0.4, -0.2) is 16.0 Å². The van der Waals surface area contributed by atoms with Gasteiger partial charge in [-0.3, -0.25) is 14.9 Å². The first-order chi connectivity index (χ1) is 7.09. The van der Waals surface area contributed by atoms with Crippen LogP contribution in [0.1, 0.15) is 23.5 Å². The van der Waals surface area contributed by atoms with Crippen LogP contribution >= 0.6 is 0 Å². The second-order valence-corrected chi connectivity index (χ2v) is 3.57. The van der Waals surface area contributed by atoms with Crippen molar-refractivity contribution in [1.82, 2.24) is 0 Å². The van der Waals surface area contributed by atoms with Crippen molar-refractivity contribution in [1.29, 1.82) is 0 Å². The van der Waals surface area contributed by atoms with Crippen LogP contribution in [-0.2, 0) is 11.2 Å². The van der Waals surface area contributed by atoms with E-state index in [4.69, 9.17) is 5.11 Å². The van der Waals surface area contributed by atoms with Gasteiger partial charge in [-0.15, -0.1) is 0 Å². The van der Waals surface area contributed by atoms with Gasteiger partial charge < -0.3 is 5.11 Å². The first-order valence-corrected chi connectivity index (χ1v) is 4.59. The highest BCUT2D eigenvalue weighted by atomic mass is 16.6. The summed E-state index contributed by atoms with van der Waals surface area (Å²) in [6, 6.07) is 4.45. The first kappa shape index (κ1) is 9.64. The zero-order valence-corrected chi connectivity index (χ0v) is 7.84. The average molecular weight is 207 g/mol. The van der Waals surface area contributed by atoms with Gasteiger partial charge in [-0.1, -0.05) is 6.07 Å². The molecule has 0 heterocycles. The van der Waals surface area contributed by atoms with Gasteiger partial charge in [-0.2, -0.15) is 0 Å². The van der Waals surface area contributed by atoms with E-state index >= 15 is 0 Å². The maximum absolute atomic E-state index is 10.9. The van der Waals surface area contributed by atoms with E-state index in [2.05, 4.69) is 0 Å². The van der Waals surface area contributed by atoms with Crippen LogP contribution in [0.2, 0.25) is 0 Å². The Bertz CT molecular complexity index is 441. The molecule has 1 atom stereocenters. The van der Waals surface area contributed by atoms with Crippen molar-refractivity contribution in [2.45, 2.75) is 18.8 Å². The molecule has 1 aromatic rings. The maximum Gasteiger partial charge on any atom is 0.310 e. The third-order valence-electron chi connectivity index (χ3n) is 2.72. The smallest absolute Gasteiger partial charge is 0.310 e. The van der Waals surface area contributed by atoms with E-state index in [1.807, 2.05) is 0 Å². The predicted molar refractivity (Wildman–Crippen MR) is 51.8 cm³/mol. The van der Waals surface area contributed by atoms with Crippen LogP contribution < -0.4 is 0 Å². The first-order valence-electron chi connectivity index (χ1n) is 4.59. The van der Waals surface area contributed by atoms with Gasteiger partial charge >= 0.3 is 5.97 Å². The van der Waals surface area contributed by atoms with E-state index in [1.54, 1.807) is 6.07 Å². The molecule has 1 aromatic carbocycles. The monoisotopic (exact) mass is 207 g/mol. The third kappa shape index (κ3) is 1.56. The summed E-state index contributed by atoms with van der Waals surface area (Å²) in [5.74, 6) is -1.49. The molecule has 78 valence electrons. The predicted octanol–water partition coefficient (Wildman–Crippen LogP) is 1.71. The Morgan fingerprint density at radius 2 is 2.27 bits per heavy atom. The number of hydrogen-bond donors (Lipinski definition) is 1. The Kier molecular flexibility index (Phi) is 2.15. The minimum atomic E-state index is -0.908. The van der Waals surface area contributed by atoms with Gasteiger partial charge in [-0.25, -0.2) is 0 Å². The summed E-state index contributed by atoms with van der Waals surface area (Å²) < 4.78 is 0. The molecule has 0 amide bonds. The number of non-ortho nitro benzene ring substituents is 1. The SMILES string of the molecule is O=C(O)C1CCc2ccc([N+](=O)[O-])cc21. The molecule has 0 saturated heterocycles. The normalized spacial score (nSPS) is 18.5. The van der Waals surface area contributed by atoms with Crippen molar-refractivity contribution in [3.05, 3.63) is 39.4 Å². The van der Waals surface area contributed by atoms with Crippen molar-refractivity contribution in [3.63, 3.8) is 0 Å². The van der Waals surface area contributed by atoms with E-state index in [-0.39, 0.29) is 5.69 Å². The molecule has 1 aliphatic carbocycles. The van der Waals surface area contributed by atoms with E-state index in [9.17, 15) is 14.9 Å². The van der Waals surface area contributed by atoms with Crippen molar-refractivity contribution >= 4 is 11.7 Å². The lowest BCUT2D eigenvalue weighted by molar-refractivity contribution is -0.384. The van der Waals surface area contributed by atoms with Crippen LogP contribution in [0.25, 0.3) is 0 Å². The molecule has 0 bridgehead atoms. The van der Waals surface area contributed by atoms with Gasteiger partial charge in [0, 0.05) is 12.1 Å². The van der Waals surface area contributed by atoms with Gasteiger partial charge in [-0.05, 0) is 24.0 Å². The Morgan fingerprint density at radius 1 is 1.53 bits per heavy atom. The number of aryl methyl sites for hydroxylation is 1. The minimum absolute atomic E-state index is 0.0399.